The molecule has 1 atom stereocenters. The predicted octanol–water partition coefficient (Wildman–Crippen LogP) is 2.18. The summed E-state index contributed by atoms with van der Waals surface area (Å²) >= 11 is 1.56. The van der Waals surface area contributed by atoms with Gasteiger partial charge in [0.1, 0.15) is 17.8 Å². The minimum atomic E-state index is -0.377. The van der Waals surface area contributed by atoms with Gasteiger partial charge in [0.25, 0.3) is 5.56 Å². The van der Waals surface area contributed by atoms with Crippen LogP contribution in [0.15, 0.2) is 44.5 Å². The third-order valence-corrected chi connectivity index (χ3v) is 6.84. The van der Waals surface area contributed by atoms with Gasteiger partial charge in [-0.15, -0.1) is 11.8 Å². The fraction of sp³-hybridized carbons (Fsp3) is 0.364. The molecule has 0 spiro atoms. The van der Waals surface area contributed by atoms with Crippen LogP contribution in [0.3, 0.4) is 0 Å². The van der Waals surface area contributed by atoms with Gasteiger partial charge >= 0.3 is 5.69 Å². The van der Waals surface area contributed by atoms with Crippen molar-refractivity contribution in [1.29, 1.82) is 5.26 Å². The fourth-order valence-electron chi connectivity index (χ4n) is 3.91. The molecule has 1 aliphatic heterocycles. The van der Waals surface area contributed by atoms with Crippen LogP contribution in [0.2, 0.25) is 0 Å². The monoisotopic (exact) mass is 452 g/mol. The molecule has 0 radical (unpaired) electrons. The SMILES string of the molecule is CCc1coc(CSC2N(C)c3c(c(=O)n(C)c(=O)n3C)N2Cc2cccc(C#N)c2)n1. The molecule has 4 rings (SSSR count). The second kappa shape index (κ2) is 8.59. The molecule has 166 valence electrons. The zero-order valence-electron chi connectivity index (χ0n) is 18.4. The molecule has 0 aliphatic carbocycles. The Bertz CT molecular complexity index is 1320. The lowest BCUT2D eigenvalue weighted by Crippen LogP contribution is -2.40. The van der Waals surface area contributed by atoms with Crippen molar-refractivity contribution in [2.45, 2.75) is 31.1 Å². The van der Waals surface area contributed by atoms with Crippen molar-refractivity contribution in [3.05, 3.63) is 74.1 Å². The number of rotatable bonds is 6. The van der Waals surface area contributed by atoms with Crippen LogP contribution in [-0.4, -0.2) is 26.7 Å². The molecular formula is C22H24N6O3S. The maximum atomic E-state index is 13.2. The molecule has 0 amide bonds. The van der Waals surface area contributed by atoms with Gasteiger partial charge in [0.15, 0.2) is 5.50 Å². The molecule has 0 N–H and O–H groups in total. The summed E-state index contributed by atoms with van der Waals surface area (Å²) in [6.07, 6.45) is 2.45. The molecule has 0 bridgehead atoms. The summed E-state index contributed by atoms with van der Waals surface area (Å²) in [5.74, 6) is 1.68. The third-order valence-electron chi connectivity index (χ3n) is 5.56. The average Bonchev–Trinajstić information content (AvgIpc) is 3.37. The number of fused-ring (bicyclic) bond motifs is 1. The number of anilines is 2. The summed E-state index contributed by atoms with van der Waals surface area (Å²) in [6, 6.07) is 9.47. The Morgan fingerprint density at radius 2 is 2.00 bits per heavy atom. The normalized spacial score (nSPS) is 15.2. The first-order valence-corrected chi connectivity index (χ1v) is 11.2. The highest BCUT2D eigenvalue weighted by molar-refractivity contribution is 7.99. The Labute approximate surface area is 189 Å². The average molecular weight is 453 g/mol. The first-order valence-electron chi connectivity index (χ1n) is 10.2. The smallest absolute Gasteiger partial charge is 0.332 e. The quantitative estimate of drug-likeness (QED) is 0.561. The fourth-order valence-corrected chi connectivity index (χ4v) is 5.02. The van der Waals surface area contributed by atoms with Gasteiger partial charge in [-0.05, 0) is 24.1 Å². The van der Waals surface area contributed by atoms with E-state index in [4.69, 9.17) is 4.42 Å². The number of aryl methyl sites for hydroxylation is 1. The van der Waals surface area contributed by atoms with Crippen LogP contribution < -0.4 is 21.0 Å². The molecule has 1 aromatic carbocycles. The van der Waals surface area contributed by atoms with Crippen LogP contribution in [-0.2, 0) is 32.8 Å². The summed E-state index contributed by atoms with van der Waals surface area (Å²) in [5.41, 5.74) is 1.81. The molecule has 0 saturated carbocycles. The topological polar surface area (TPSA) is 100 Å². The van der Waals surface area contributed by atoms with Gasteiger partial charge in [-0.1, -0.05) is 19.1 Å². The van der Waals surface area contributed by atoms with Crippen molar-refractivity contribution in [3.63, 3.8) is 0 Å². The molecule has 3 aromatic rings. The molecule has 10 heteroatoms. The zero-order valence-corrected chi connectivity index (χ0v) is 19.2. The molecule has 1 aliphatic rings. The van der Waals surface area contributed by atoms with Crippen molar-refractivity contribution >= 4 is 23.3 Å². The van der Waals surface area contributed by atoms with E-state index in [0.29, 0.717) is 35.3 Å². The number of benzene rings is 1. The standard InChI is InChI=1S/C22H24N6O3S/c1-5-16-12-31-17(24-16)13-32-22-26(3)19-18(20(29)27(4)21(30)25(19)2)28(22)11-15-8-6-7-14(9-15)10-23/h6-9,12,22H,5,11,13H2,1-4H3. The van der Waals surface area contributed by atoms with E-state index >= 15 is 0 Å². The first-order chi connectivity index (χ1) is 15.3. The van der Waals surface area contributed by atoms with Crippen molar-refractivity contribution in [3.8, 4) is 6.07 Å². The van der Waals surface area contributed by atoms with Crippen LogP contribution in [0.1, 0.15) is 29.6 Å². The Hall–Kier alpha value is -3.45. The number of hydrogen-bond acceptors (Lipinski definition) is 8. The number of nitrogens with zero attached hydrogens (tertiary/aromatic N) is 6. The summed E-state index contributed by atoms with van der Waals surface area (Å²) in [7, 11) is 5.02. The van der Waals surface area contributed by atoms with E-state index in [0.717, 1.165) is 22.2 Å². The summed E-state index contributed by atoms with van der Waals surface area (Å²) < 4.78 is 8.19. The molecular weight excluding hydrogens is 428 g/mol. The van der Waals surface area contributed by atoms with E-state index in [9.17, 15) is 14.9 Å². The highest BCUT2D eigenvalue weighted by Gasteiger charge is 2.39. The second-order valence-corrected chi connectivity index (χ2v) is 8.70. The predicted molar refractivity (Wildman–Crippen MR) is 124 cm³/mol. The van der Waals surface area contributed by atoms with E-state index in [2.05, 4.69) is 11.1 Å². The van der Waals surface area contributed by atoms with Crippen LogP contribution >= 0.6 is 11.8 Å². The molecule has 0 fully saturated rings. The van der Waals surface area contributed by atoms with Crippen molar-refractivity contribution in [2.75, 3.05) is 16.8 Å². The molecule has 9 nitrogen and oxygen atoms in total. The van der Waals surface area contributed by atoms with Crippen molar-refractivity contribution in [1.82, 2.24) is 14.1 Å². The number of aromatic nitrogens is 3. The number of hydrogen-bond donors (Lipinski definition) is 0. The zero-order chi connectivity index (χ0) is 23.0. The van der Waals surface area contributed by atoms with E-state index in [-0.39, 0.29) is 16.7 Å². The van der Waals surface area contributed by atoms with Crippen LogP contribution in [0, 0.1) is 11.3 Å². The van der Waals surface area contributed by atoms with Gasteiger partial charge in [0.2, 0.25) is 5.89 Å². The maximum absolute atomic E-state index is 13.2. The summed E-state index contributed by atoms with van der Waals surface area (Å²) in [6.45, 7) is 2.42. The minimum absolute atomic E-state index is 0.270. The van der Waals surface area contributed by atoms with Gasteiger partial charge in [-0.3, -0.25) is 13.9 Å². The summed E-state index contributed by atoms with van der Waals surface area (Å²) in [4.78, 5) is 34.1. The largest absolute Gasteiger partial charge is 0.448 e. The minimum Gasteiger partial charge on any atom is -0.448 e. The van der Waals surface area contributed by atoms with Crippen LogP contribution in [0.4, 0.5) is 11.5 Å². The lowest BCUT2D eigenvalue weighted by molar-refractivity contribution is 0.516. The lowest BCUT2D eigenvalue weighted by Gasteiger charge is -2.29. The van der Waals surface area contributed by atoms with Gasteiger partial charge in [-0.2, -0.15) is 5.26 Å². The Morgan fingerprint density at radius 1 is 1.22 bits per heavy atom. The molecule has 2 aromatic heterocycles. The highest BCUT2D eigenvalue weighted by Crippen LogP contribution is 2.41. The third kappa shape index (κ3) is 3.69. The Balaban J connectivity index is 1.75. The molecule has 1 unspecified atom stereocenters. The maximum Gasteiger partial charge on any atom is 0.332 e. The highest BCUT2D eigenvalue weighted by atomic mass is 32.2. The van der Waals surface area contributed by atoms with Crippen molar-refractivity contribution < 1.29 is 4.42 Å². The first kappa shape index (κ1) is 21.8. The summed E-state index contributed by atoms with van der Waals surface area (Å²) in [5, 5.41) is 9.27. The van der Waals surface area contributed by atoms with E-state index < -0.39 is 0 Å². The lowest BCUT2D eigenvalue weighted by atomic mass is 10.1. The number of thioether (sulfide) groups is 1. The molecule has 0 saturated heterocycles. The van der Waals surface area contributed by atoms with E-state index in [1.165, 1.54) is 11.6 Å². The van der Waals surface area contributed by atoms with Gasteiger partial charge in [0.05, 0.1) is 23.1 Å². The second-order valence-electron chi connectivity index (χ2n) is 7.65. The van der Waals surface area contributed by atoms with Crippen LogP contribution in [0.25, 0.3) is 0 Å². The van der Waals surface area contributed by atoms with Crippen LogP contribution in [0.5, 0.6) is 0 Å². The Kier molecular flexibility index (Phi) is 5.84. The van der Waals surface area contributed by atoms with Gasteiger partial charge < -0.3 is 14.2 Å². The number of oxazole rings is 1. The van der Waals surface area contributed by atoms with Gasteiger partial charge in [-0.25, -0.2) is 9.78 Å². The van der Waals surface area contributed by atoms with Crippen molar-refractivity contribution in [2.24, 2.45) is 14.1 Å². The number of nitriles is 1. The van der Waals surface area contributed by atoms with Gasteiger partial charge in [0, 0.05) is 27.7 Å². The Morgan fingerprint density at radius 3 is 2.69 bits per heavy atom. The van der Waals surface area contributed by atoms with E-state index in [1.54, 1.807) is 31.1 Å². The molecule has 3 heterocycles. The molecule has 32 heavy (non-hydrogen) atoms. The van der Waals surface area contributed by atoms with E-state index in [1.807, 2.05) is 42.0 Å².